The summed E-state index contributed by atoms with van der Waals surface area (Å²) < 4.78 is 51.9. The molecule has 1 aliphatic rings. The summed E-state index contributed by atoms with van der Waals surface area (Å²) in [7, 11) is 0.722. The Morgan fingerprint density at radius 3 is 2.33 bits per heavy atom. The predicted molar refractivity (Wildman–Crippen MR) is 98.1 cm³/mol. The van der Waals surface area contributed by atoms with Gasteiger partial charge in [0.15, 0.2) is 0 Å². The van der Waals surface area contributed by atoms with Crippen molar-refractivity contribution in [3.05, 3.63) is 48.0 Å². The highest BCUT2D eigenvalue weighted by Crippen LogP contribution is 2.44. The molecule has 4 atom stereocenters. The van der Waals surface area contributed by atoms with Gasteiger partial charge in [0.25, 0.3) is 5.60 Å². The summed E-state index contributed by atoms with van der Waals surface area (Å²) in [6, 6.07) is 6.21. The monoisotopic (exact) mass is 429 g/mol. The fraction of sp³-hybridized carbons (Fsp3) is 0.450. The Morgan fingerprint density at radius 1 is 1.20 bits per heavy atom. The van der Waals surface area contributed by atoms with Gasteiger partial charge in [-0.25, -0.2) is 4.79 Å². The number of methoxy groups -OCH3 is 1. The van der Waals surface area contributed by atoms with Crippen molar-refractivity contribution in [3.8, 4) is 0 Å². The number of allylic oxidation sites excluding steroid dienone is 1. The summed E-state index contributed by atoms with van der Waals surface area (Å²) in [5, 5.41) is 11.9. The van der Waals surface area contributed by atoms with E-state index in [9.17, 15) is 32.7 Å². The van der Waals surface area contributed by atoms with Gasteiger partial charge in [0.2, 0.25) is 5.91 Å². The smallest absolute Gasteiger partial charge is 0.432 e. The molecule has 0 saturated carbocycles. The van der Waals surface area contributed by atoms with Crippen LogP contribution in [0, 0.1) is 11.8 Å². The Labute approximate surface area is 170 Å². The van der Waals surface area contributed by atoms with Crippen LogP contribution in [0.3, 0.4) is 0 Å². The minimum Gasteiger partial charge on any atom is -0.481 e. The summed E-state index contributed by atoms with van der Waals surface area (Å²) in [5.41, 5.74) is -3.95. The van der Waals surface area contributed by atoms with Gasteiger partial charge in [-0.2, -0.15) is 13.2 Å². The van der Waals surface area contributed by atoms with E-state index in [1.165, 1.54) is 30.4 Å². The number of hydrogen-bond donors (Lipinski definition) is 2. The van der Waals surface area contributed by atoms with E-state index >= 15 is 0 Å². The molecule has 2 N–H and O–H groups in total. The minimum atomic E-state index is -5.19. The highest BCUT2D eigenvalue weighted by Gasteiger charge is 2.64. The lowest BCUT2D eigenvalue weighted by Crippen LogP contribution is -2.54. The molecule has 0 aliphatic heterocycles. The fourth-order valence-electron chi connectivity index (χ4n) is 3.44. The van der Waals surface area contributed by atoms with E-state index in [2.05, 4.69) is 10.1 Å². The van der Waals surface area contributed by atoms with Gasteiger partial charge in [-0.1, -0.05) is 36.4 Å². The number of benzene rings is 1. The van der Waals surface area contributed by atoms with Gasteiger partial charge in [0.05, 0.1) is 11.8 Å². The molecule has 0 aromatic heterocycles. The fourth-order valence-corrected chi connectivity index (χ4v) is 3.44. The zero-order valence-electron chi connectivity index (χ0n) is 16.3. The molecule has 2 rings (SSSR count). The van der Waals surface area contributed by atoms with Crippen molar-refractivity contribution in [1.29, 1.82) is 0 Å². The molecule has 1 amide bonds. The number of alkyl halides is 3. The zero-order chi connectivity index (χ0) is 22.5. The summed E-state index contributed by atoms with van der Waals surface area (Å²) in [6.45, 7) is 1.77. The molecule has 30 heavy (non-hydrogen) atoms. The number of carboxylic acid groups (broad SMARTS) is 1. The zero-order valence-corrected chi connectivity index (χ0v) is 16.3. The van der Waals surface area contributed by atoms with Crippen LogP contribution >= 0.6 is 0 Å². The van der Waals surface area contributed by atoms with Crippen LogP contribution in [0.1, 0.15) is 18.9 Å². The number of carboxylic acids is 1. The predicted octanol–water partition coefficient (Wildman–Crippen LogP) is 2.42. The van der Waals surface area contributed by atoms with Gasteiger partial charge in [-0.05, 0) is 19.4 Å². The van der Waals surface area contributed by atoms with Crippen molar-refractivity contribution in [1.82, 2.24) is 5.32 Å². The van der Waals surface area contributed by atoms with E-state index in [4.69, 9.17) is 4.74 Å². The number of hydrogen-bond acceptors (Lipinski definition) is 5. The number of carbonyl (C=O) groups is 3. The Balaban J connectivity index is 2.46. The summed E-state index contributed by atoms with van der Waals surface area (Å²) in [4.78, 5) is 36.9. The SMILES string of the molecule is CCNC(=O)C1C(OC(=O)[C@](OC)(c2ccccc2)C(F)(F)F)C=CCC1C(=O)O. The van der Waals surface area contributed by atoms with Crippen molar-refractivity contribution in [2.24, 2.45) is 11.8 Å². The van der Waals surface area contributed by atoms with Crippen LogP contribution in [0.25, 0.3) is 0 Å². The molecule has 1 aliphatic carbocycles. The van der Waals surface area contributed by atoms with Crippen molar-refractivity contribution in [3.63, 3.8) is 0 Å². The average Bonchev–Trinajstić information content (AvgIpc) is 2.68. The van der Waals surface area contributed by atoms with Crippen molar-refractivity contribution in [2.75, 3.05) is 13.7 Å². The Bertz CT molecular complexity index is 811. The number of ether oxygens (including phenoxy) is 2. The third-order valence-corrected chi connectivity index (χ3v) is 4.89. The van der Waals surface area contributed by atoms with Crippen LogP contribution in [-0.4, -0.2) is 48.9 Å². The van der Waals surface area contributed by atoms with Gasteiger partial charge in [0, 0.05) is 19.2 Å². The topological polar surface area (TPSA) is 102 Å². The van der Waals surface area contributed by atoms with Gasteiger partial charge in [0.1, 0.15) is 6.10 Å². The number of halogens is 3. The first-order valence-corrected chi connectivity index (χ1v) is 9.15. The molecule has 0 spiro atoms. The second kappa shape index (κ2) is 9.29. The second-order valence-corrected chi connectivity index (χ2v) is 6.65. The lowest BCUT2D eigenvalue weighted by atomic mass is 9.80. The van der Waals surface area contributed by atoms with E-state index in [0.717, 1.165) is 19.2 Å². The van der Waals surface area contributed by atoms with E-state index in [-0.39, 0.29) is 13.0 Å². The molecular weight excluding hydrogens is 407 g/mol. The van der Waals surface area contributed by atoms with E-state index in [1.54, 1.807) is 6.92 Å². The number of aliphatic carboxylic acids is 1. The highest BCUT2D eigenvalue weighted by molar-refractivity contribution is 5.87. The number of esters is 1. The van der Waals surface area contributed by atoms with Gasteiger partial charge < -0.3 is 19.9 Å². The molecule has 1 aromatic rings. The standard InChI is InChI=1S/C20H22F3NO6/c1-3-24-16(25)15-13(17(26)27)10-7-11-14(15)30-18(28)19(29-2,20(21,22)23)12-8-5-4-6-9-12/h4-9,11,13-15H,3,10H2,1-2H3,(H,24,25)(H,26,27)/t13?,14?,15?,19-/m1/s1. The first kappa shape index (κ1) is 23.4. The first-order valence-electron chi connectivity index (χ1n) is 9.15. The van der Waals surface area contributed by atoms with Crippen LogP contribution in [-0.2, 0) is 29.5 Å². The summed E-state index contributed by atoms with van der Waals surface area (Å²) >= 11 is 0. The lowest BCUT2D eigenvalue weighted by Gasteiger charge is -2.36. The third-order valence-electron chi connectivity index (χ3n) is 4.89. The highest BCUT2D eigenvalue weighted by atomic mass is 19.4. The minimum absolute atomic E-state index is 0.0292. The Morgan fingerprint density at radius 2 is 1.83 bits per heavy atom. The molecule has 0 fully saturated rings. The maximum atomic E-state index is 14.0. The average molecular weight is 429 g/mol. The largest absolute Gasteiger partial charge is 0.481 e. The Kier molecular flexibility index (Phi) is 7.25. The molecule has 3 unspecified atom stereocenters. The van der Waals surface area contributed by atoms with Crippen molar-refractivity contribution < 1.29 is 42.1 Å². The van der Waals surface area contributed by atoms with Crippen LogP contribution < -0.4 is 5.32 Å². The van der Waals surface area contributed by atoms with Gasteiger partial charge in [-0.3, -0.25) is 9.59 Å². The van der Waals surface area contributed by atoms with Crippen LogP contribution in [0.4, 0.5) is 13.2 Å². The molecule has 1 aromatic carbocycles. The van der Waals surface area contributed by atoms with E-state index in [1.807, 2.05) is 0 Å². The van der Waals surface area contributed by atoms with Gasteiger partial charge >= 0.3 is 18.1 Å². The third kappa shape index (κ3) is 4.33. The van der Waals surface area contributed by atoms with Crippen molar-refractivity contribution >= 4 is 17.8 Å². The molecule has 0 saturated heterocycles. The van der Waals surface area contributed by atoms with E-state index < -0.39 is 53.1 Å². The van der Waals surface area contributed by atoms with Crippen LogP contribution in [0.5, 0.6) is 0 Å². The summed E-state index contributed by atoms with van der Waals surface area (Å²) in [6.07, 6.45) is -4.15. The Hall–Kier alpha value is -2.88. The molecule has 10 heteroatoms. The van der Waals surface area contributed by atoms with Gasteiger partial charge in [-0.15, -0.1) is 0 Å². The molecule has 0 bridgehead atoms. The van der Waals surface area contributed by atoms with E-state index in [0.29, 0.717) is 0 Å². The molecule has 164 valence electrons. The molecular formula is C20H22F3NO6. The quantitative estimate of drug-likeness (QED) is 0.510. The van der Waals surface area contributed by atoms with Crippen LogP contribution in [0.15, 0.2) is 42.5 Å². The number of nitrogens with one attached hydrogen (secondary N) is 1. The lowest BCUT2D eigenvalue weighted by molar-refractivity contribution is -0.278. The summed E-state index contributed by atoms with van der Waals surface area (Å²) in [5.74, 6) is -6.51. The first-order chi connectivity index (χ1) is 14.1. The normalized spacial score (nSPS) is 23.3. The maximum Gasteiger partial charge on any atom is 0.432 e. The molecule has 7 nitrogen and oxygen atoms in total. The van der Waals surface area contributed by atoms with Crippen molar-refractivity contribution in [2.45, 2.75) is 31.2 Å². The molecule has 0 radical (unpaired) electrons. The second-order valence-electron chi connectivity index (χ2n) is 6.65. The van der Waals surface area contributed by atoms with Crippen LogP contribution in [0.2, 0.25) is 0 Å². The number of amides is 1. The maximum absolute atomic E-state index is 14.0. The number of carbonyl (C=O) groups excluding carboxylic acids is 2. The molecule has 0 heterocycles. The number of rotatable bonds is 7.